The molecule has 0 spiro atoms. The first kappa shape index (κ1) is 10.9. The molecule has 1 nitrogen and oxygen atoms in total. The van der Waals surface area contributed by atoms with Crippen molar-refractivity contribution in [1.82, 2.24) is 4.98 Å². The van der Waals surface area contributed by atoms with E-state index in [4.69, 9.17) is 0 Å². The number of aromatic amines is 1. The van der Waals surface area contributed by atoms with Crippen LogP contribution in [0.5, 0.6) is 0 Å². The molecule has 1 aromatic carbocycles. The monoisotopic (exact) mass is 227 g/mol. The van der Waals surface area contributed by atoms with Crippen LogP contribution >= 0.6 is 0 Å². The van der Waals surface area contributed by atoms with Crippen molar-refractivity contribution in [3.63, 3.8) is 0 Å². The summed E-state index contributed by atoms with van der Waals surface area (Å²) in [6.07, 6.45) is 0. The molecule has 0 saturated heterocycles. The number of benzene rings is 1. The van der Waals surface area contributed by atoms with Gasteiger partial charge in [-0.25, -0.2) is 0 Å². The zero-order valence-corrected chi connectivity index (χ0v) is 11.1. The number of rotatable bonds is 0. The summed E-state index contributed by atoms with van der Waals surface area (Å²) in [5.41, 5.74) is 4.35. The number of nitrogens with one attached hydrogen (secondary N) is 1. The van der Waals surface area contributed by atoms with Crippen LogP contribution in [0, 0.1) is 11.8 Å². The third-order valence-electron chi connectivity index (χ3n) is 5.09. The van der Waals surface area contributed by atoms with Crippen molar-refractivity contribution in [2.45, 2.75) is 39.5 Å². The van der Waals surface area contributed by atoms with Crippen molar-refractivity contribution < 1.29 is 0 Å². The zero-order valence-electron chi connectivity index (χ0n) is 11.1. The summed E-state index contributed by atoms with van der Waals surface area (Å²) >= 11 is 0. The lowest BCUT2D eigenvalue weighted by atomic mass is 9.68. The van der Waals surface area contributed by atoms with Crippen LogP contribution in [0.4, 0.5) is 0 Å². The molecule has 0 aliphatic heterocycles. The molecule has 1 aliphatic rings. The minimum Gasteiger partial charge on any atom is -0.358 e. The van der Waals surface area contributed by atoms with E-state index in [0.717, 1.165) is 11.8 Å². The largest absolute Gasteiger partial charge is 0.358 e. The van der Waals surface area contributed by atoms with Crippen LogP contribution in [-0.2, 0) is 0 Å². The minimum absolute atomic E-state index is 0.642. The maximum absolute atomic E-state index is 3.65. The van der Waals surface area contributed by atoms with Gasteiger partial charge in [0.25, 0.3) is 0 Å². The van der Waals surface area contributed by atoms with Gasteiger partial charge in [0.15, 0.2) is 0 Å². The average Bonchev–Trinajstić information content (AvgIpc) is 2.73. The van der Waals surface area contributed by atoms with Gasteiger partial charge in [0, 0.05) is 16.6 Å². The third kappa shape index (κ3) is 1.38. The molecular formula is C16H21N. The molecular weight excluding hydrogens is 206 g/mol. The number of hydrogen-bond acceptors (Lipinski definition) is 0. The van der Waals surface area contributed by atoms with Crippen molar-refractivity contribution in [2.75, 3.05) is 0 Å². The van der Waals surface area contributed by atoms with E-state index in [9.17, 15) is 0 Å². The molecule has 1 aromatic heterocycles. The Morgan fingerprint density at radius 1 is 0.882 bits per heavy atom. The first-order chi connectivity index (χ1) is 8.11. The van der Waals surface area contributed by atoms with Gasteiger partial charge in [-0.05, 0) is 35.3 Å². The molecule has 4 atom stereocenters. The second-order valence-corrected chi connectivity index (χ2v) is 5.79. The van der Waals surface area contributed by atoms with Crippen LogP contribution in [0.3, 0.4) is 0 Å². The Morgan fingerprint density at radius 2 is 1.53 bits per heavy atom. The number of fused-ring (bicyclic) bond motifs is 3. The van der Waals surface area contributed by atoms with E-state index in [2.05, 4.69) is 56.9 Å². The highest BCUT2D eigenvalue weighted by Gasteiger charge is 2.35. The fraction of sp³-hybridized carbons (Fsp3) is 0.500. The molecule has 0 saturated carbocycles. The Labute approximate surface area is 103 Å². The summed E-state index contributed by atoms with van der Waals surface area (Å²) in [5, 5.41) is 1.43. The average molecular weight is 227 g/mol. The Bertz CT molecular complexity index is 552. The van der Waals surface area contributed by atoms with E-state index in [1.54, 1.807) is 5.56 Å². The van der Waals surface area contributed by atoms with Crippen molar-refractivity contribution in [2.24, 2.45) is 11.8 Å². The highest BCUT2D eigenvalue weighted by Crippen LogP contribution is 2.48. The highest BCUT2D eigenvalue weighted by molar-refractivity contribution is 5.85. The second kappa shape index (κ2) is 3.63. The second-order valence-electron chi connectivity index (χ2n) is 5.79. The lowest BCUT2D eigenvalue weighted by Crippen LogP contribution is -2.26. The Balaban J connectivity index is 2.30. The number of aromatic nitrogens is 1. The SMILES string of the molecule is CC1c2[nH]c3ccccc3c2C(C)C(C)C1C. The Kier molecular flexibility index (Phi) is 2.32. The van der Waals surface area contributed by atoms with Crippen molar-refractivity contribution in [1.29, 1.82) is 0 Å². The fourth-order valence-corrected chi connectivity index (χ4v) is 3.47. The fourth-order valence-electron chi connectivity index (χ4n) is 3.47. The van der Waals surface area contributed by atoms with E-state index >= 15 is 0 Å². The molecule has 0 amide bonds. The predicted octanol–water partition coefficient (Wildman–Crippen LogP) is 4.66. The lowest BCUT2D eigenvalue weighted by molar-refractivity contribution is 0.272. The summed E-state index contributed by atoms with van der Waals surface area (Å²) < 4.78 is 0. The molecule has 90 valence electrons. The van der Waals surface area contributed by atoms with Gasteiger partial charge in [0.05, 0.1) is 0 Å². The number of hydrogen-bond donors (Lipinski definition) is 1. The molecule has 3 rings (SSSR count). The summed E-state index contributed by atoms with van der Waals surface area (Å²) in [6.45, 7) is 9.53. The molecule has 0 fully saturated rings. The van der Waals surface area contributed by atoms with Gasteiger partial charge in [-0.1, -0.05) is 45.9 Å². The predicted molar refractivity (Wildman–Crippen MR) is 73.5 cm³/mol. The van der Waals surface area contributed by atoms with E-state index in [1.807, 2.05) is 0 Å². The molecule has 1 heteroatoms. The van der Waals surface area contributed by atoms with Gasteiger partial charge >= 0.3 is 0 Å². The minimum atomic E-state index is 0.642. The molecule has 1 heterocycles. The summed E-state index contributed by atoms with van der Waals surface area (Å²) in [4.78, 5) is 3.65. The van der Waals surface area contributed by atoms with Crippen LogP contribution in [0.1, 0.15) is 50.8 Å². The molecule has 0 bridgehead atoms. The third-order valence-corrected chi connectivity index (χ3v) is 5.09. The Hall–Kier alpha value is -1.24. The van der Waals surface area contributed by atoms with Crippen LogP contribution in [0.25, 0.3) is 10.9 Å². The quantitative estimate of drug-likeness (QED) is 0.673. The topological polar surface area (TPSA) is 15.8 Å². The summed E-state index contributed by atoms with van der Waals surface area (Å²) in [6, 6.07) is 8.72. The standard InChI is InChI=1S/C16H21N/c1-9-10(2)12(4)16-15(11(9)3)13-7-5-6-8-14(13)17-16/h5-12,17H,1-4H3. The molecule has 2 aromatic rings. The number of H-pyrrole nitrogens is 1. The van der Waals surface area contributed by atoms with Gasteiger partial charge in [-0.15, -0.1) is 0 Å². The van der Waals surface area contributed by atoms with Gasteiger partial charge < -0.3 is 4.98 Å². The number of para-hydroxylation sites is 1. The molecule has 0 radical (unpaired) electrons. The van der Waals surface area contributed by atoms with Crippen LogP contribution < -0.4 is 0 Å². The van der Waals surface area contributed by atoms with Crippen molar-refractivity contribution >= 4 is 10.9 Å². The molecule has 1 N–H and O–H groups in total. The van der Waals surface area contributed by atoms with E-state index in [1.165, 1.54) is 16.6 Å². The summed E-state index contributed by atoms with van der Waals surface area (Å²) in [5.74, 6) is 2.82. The van der Waals surface area contributed by atoms with Crippen LogP contribution in [-0.4, -0.2) is 4.98 Å². The first-order valence-electron chi connectivity index (χ1n) is 6.71. The summed E-state index contributed by atoms with van der Waals surface area (Å²) in [7, 11) is 0. The van der Waals surface area contributed by atoms with E-state index in [-0.39, 0.29) is 0 Å². The maximum atomic E-state index is 3.65. The molecule has 4 unspecified atom stereocenters. The first-order valence-corrected chi connectivity index (χ1v) is 6.71. The van der Waals surface area contributed by atoms with Gasteiger partial charge in [0.1, 0.15) is 0 Å². The smallest absolute Gasteiger partial charge is 0.0459 e. The van der Waals surface area contributed by atoms with Gasteiger partial charge in [-0.3, -0.25) is 0 Å². The van der Waals surface area contributed by atoms with Crippen molar-refractivity contribution in [3.05, 3.63) is 35.5 Å². The van der Waals surface area contributed by atoms with E-state index < -0.39 is 0 Å². The van der Waals surface area contributed by atoms with Gasteiger partial charge in [0.2, 0.25) is 0 Å². The molecule has 17 heavy (non-hydrogen) atoms. The zero-order chi connectivity index (χ0) is 12.2. The highest BCUT2D eigenvalue weighted by atomic mass is 14.7. The Morgan fingerprint density at radius 3 is 2.29 bits per heavy atom. The molecule has 1 aliphatic carbocycles. The van der Waals surface area contributed by atoms with Crippen molar-refractivity contribution in [3.8, 4) is 0 Å². The normalized spacial score (nSPS) is 32.7. The van der Waals surface area contributed by atoms with Crippen LogP contribution in [0.15, 0.2) is 24.3 Å². The van der Waals surface area contributed by atoms with Crippen LogP contribution in [0.2, 0.25) is 0 Å². The van der Waals surface area contributed by atoms with E-state index in [0.29, 0.717) is 11.8 Å². The van der Waals surface area contributed by atoms with Gasteiger partial charge in [-0.2, -0.15) is 0 Å². The maximum Gasteiger partial charge on any atom is 0.0459 e. The lowest BCUT2D eigenvalue weighted by Gasteiger charge is -2.37.